The minimum atomic E-state index is 0.220. The molecule has 1 heterocycles. The first-order chi connectivity index (χ1) is 7.18. The highest BCUT2D eigenvalue weighted by Gasteiger charge is 2.27. The first kappa shape index (κ1) is 10.4. The van der Waals surface area contributed by atoms with Gasteiger partial charge in [-0.3, -0.25) is 5.01 Å². The maximum atomic E-state index is 5.27. The lowest BCUT2D eigenvalue weighted by Crippen LogP contribution is -2.40. The second-order valence-electron chi connectivity index (χ2n) is 3.97. The third-order valence-electron chi connectivity index (χ3n) is 2.43. The Bertz CT molecular complexity index is 350. The third kappa shape index (κ3) is 2.11. The Morgan fingerprint density at radius 2 is 1.93 bits per heavy atom. The van der Waals surface area contributed by atoms with Crippen molar-refractivity contribution < 1.29 is 0 Å². The Morgan fingerprint density at radius 3 is 2.47 bits per heavy atom. The number of anilines is 1. The van der Waals surface area contributed by atoms with Crippen LogP contribution in [0.5, 0.6) is 0 Å². The molecule has 1 aliphatic rings. The fourth-order valence-electron chi connectivity index (χ4n) is 1.51. The maximum Gasteiger partial charge on any atom is 0.189 e. The van der Waals surface area contributed by atoms with Gasteiger partial charge in [-0.1, -0.05) is 32.0 Å². The van der Waals surface area contributed by atoms with Crippen molar-refractivity contribution in [1.82, 2.24) is 10.7 Å². The Kier molecular flexibility index (Phi) is 2.88. The molecule has 1 aromatic carbocycles. The maximum absolute atomic E-state index is 5.27. The summed E-state index contributed by atoms with van der Waals surface area (Å²) in [5.41, 5.74) is 4.41. The average molecular weight is 221 g/mol. The van der Waals surface area contributed by atoms with Gasteiger partial charge in [-0.15, -0.1) is 0 Å². The normalized spacial score (nSPS) is 20.9. The zero-order valence-electron chi connectivity index (χ0n) is 8.90. The van der Waals surface area contributed by atoms with Gasteiger partial charge in [0.25, 0.3) is 0 Å². The number of nitrogens with one attached hydrogen (secondary N) is 2. The van der Waals surface area contributed by atoms with E-state index in [9.17, 15) is 0 Å². The third-order valence-corrected chi connectivity index (χ3v) is 2.73. The van der Waals surface area contributed by atoms with Gasteiger partial charge in [0.05, 0.1) is 11.9 Å². The molecule has 0 spiro atoms. The van der Waals surface area contributed by atoms with Crippen LogP contribution in [0, 0.1) is 5.92 Å². The molecule has 0 saturated carbocycles. The quantitative estimate of drug-likeness (QED) is 0.746. The number of thiocarbonyl (C=S) groups is 1. The summed E-state index contributed by atoms with van der Waals surface area (Å²) in [4.78, 5) is 0. The molecule has 1 fully saturated rings. The van der Waals surface area contributed by atoms with E-state index in [1.807, 2.05) is 35.3 Å². The van der Waals surface area contributed by atoms with E-state index in [1.54, 1.807) is 0 Å². The molecular weight excluding hydrogens is 206 g/mol. The van der Waals surface area contributed by atoms with E-state index in [0.717, 1.165) is 10.8 Å². The number of nitrogens with zero attached hydrogens (tertiary/aromatic N) is 1. The second kappa shape index (κ2) is 4.16. The van der Waals surface area contributed by atoms with E-state index in [-0.39, 0.29) is 6.17 Å². The Morgan fingerprint density at radius 1 is 1.27 bits per heavy atom. The van der Waals surface area contributed by atoms with Crippen molar-refractivity contribution >= 4 is 23.0 Å². The van der Waals surface area contributed by atoms with Crippen LogP contribution in [-0.2, 0) is 0 Å². The molecule has 80 valence electrons. The molecule has 1 atom stereocenters. The van der Waals surface area contributed by atoms with Crippen LogP contribution in [-0.4, -0.2) is 11.3 Å². The topological polar surface area (TPSA) is 27.3 Å². The van der Waals surface area contributed by atoms with E-state index in [0.29, 0.717) is 5.92 Å². The minimum Gasteiger partial charge on any atom is -0.344 e. The Hall–Kier alpha value is -1.13. The molecule has 2 N–H and O–H groups in total. The molecule has 1 aromatic rings. The highest BCUT2D eigenvalue weighted by molar-refractivity contribution is 7.80. The number of para-hydroxylation sites is 1. The molecule has 1 unspecified atom stereocenters. The van der Waals surface area contributed by atoms with Gasteiger partial charge in [-0.05, 0) is 30.3 Å². The van der Waals surface area contributed by atoms with Gasteiger partial charge in [0.1, 0.15) is 0 Å². The fraction of sp³-hybridized carbons (Fsp3) is 0.364. The lowest BCUT2D eigenvalue weighted by Gasteiger charge is -2.18. The Labute approximate surface area is 95.4 Å². The lowest BCUT2D eigenvalue weighted by atomic mass is 10.2. The number of benzene rings is 1. The average Bonchev–Trinajstić information content (AvgIpc) is 2.62. The number of rotatable bonds is 2. The SMILES string of the molecule is CC(C)C1NC(=S)N(c2ccccc2)N1. The van der Waals surface area contributed by atoms with Crippen molar-refractivity contribution in [2.24, 2.45) is 5.92 Å². The molecule has 0 radical (unpaired) electrons. The van der Waals surface area contributed by atoms with Crippen LogP contribution in [0.4, 0.5) is 5.69 Å². The summed E-state index contributed by atoms with van der Waals surface area (Å²) in [6, 6.07) is 10.1. The van der Waals surface area contributed by atoms with Gasteiger partial charge >= 0.3 is 0 Å². The molecule has 0 aliphatic carbocycles. The first-order valence-electron chi connectivity index (χ1n) is 5.10. The van der Waals surface area contributed by atoms with Crippen LogP contribution in [0.15, 0.2) is 30.3 Å². The van der Waals surface area contributed by atoms with Gasteiger partial charge < -0.3 is 5.32 Å². The molecule has 2 rings (SSSR count). The molecule has 1 aliphatic heterocycles. The predicted octanol–water partition coefficient (Wildman–Crippen LogP) is 1.87. The molecule has 1 saturated heterocycles. The zero-order valence-corrected chi connectivity index (χ0v) is 9.71. The van der Waals surface area contributed by atoms with E-state index in [4.69, 9.17) is 12.2 Å². The summed E-state index contributed by atoms with van der Waals surface area (Å²) in [5, 5.41) is 5.90. The van der Waals surface area contributed by atoms with Crippen molar-refractivity contribution in [3.63, 3.8) is 0 Å². The molecule has 0 bridgehead atoms. The molecule has 0 amide bonds. The van der Waals surface area contributed by atoms with Crippen molar-refractivity contribution in [3.8, 4) is 0 Å². The van der Waals surface area contributed by atoms with Gasteiger partial charge in [0.2, 0.25) is 0 Å². The highest BCUT2D eigenvalue weighted by atomic mass is 32.1. The van der Waals surface area contributed by atoms with Gasteiger partial charge in [-0.25, -0.2) is 5.43 Å². The monoisotopic (exact) mass is 221 g/mol. The van der Waals surface area contributed by atoms with Gasteiger partial charge in [0.15, 0.2) is 5.11 Å². The predicted molar refractivity (Wildman–Crippen MR) is 66.4 cm³/mol. The summed E-state index contributed by atoms with van der Waals surface area (Å²) in [6.07, 6.45) is 0.220. The van der Waals surface area contributed by atoms with Crippen LogP contribution in [0.2, 0.25) is 0 Å². The fourth-order valence-corrected chi connectivity index (χ4v) is 1.80. The van der Waals surface area contributed by atoms with Crippen molar-refractivity contribution in [3.05, 3.63) is 30.3 Å². The van der Waals surface area contributed by atoms with Gasteiger partial charge in [-0.2, -0.15) is 0 Å². The molecule has 3 nitrogen and oxygen atoms in total. The smallest absolute Gasteiger partial charge is 0.189 e. The number of hydrogen-bond acceptors (Lipinski definition) is 2. The van der Waals surface area contributed by atoms with E-state index >= 15 is 0 Å². The molecular formula is C11H15N3S. The van der Waals surface area contributed by atoms with Crippen LogP contribution in [0.25, 0.3) is 0 Å². The molecule has 15 heavy (non-hydrogen) atoms. The van der Waals surface area contributed by atoms with Crippen molar-refractivity contribution in [2.45, 2.75) is 20.0 Å². The summed E-state index contributed by atoms with van der Waals surface area (Å²) in [7, 11) is 0. The largest absolute Gasteiger partial charge is 0.344 e. The minimum absolute atomic E-state index is 0.220. The highest BCUT2D eigenvalue weighted by Crippen LogP contribution is 2.16. The van der Waals surface area contributed by atoms with Gasteiger partial charge in [0, 0.05) is 0 Å². The van der Waals surface area contributed by atoms with Crippen LogP contribution in [0.3, 0.4) is 0 Å². The van der Waals surface area contributed by atoms with E-state index in [2.05, 4.69) is 24.6 Å². The lowest BCUT2D eigenvalue weighted by molar-refractivity contribution is 0.419. The van der Waals surface area contributed by atoms with Crippen molar-refractivity contribution in [2.75, 3.05) is 5.01 Å². The standard InChI is InChI=1S/C11H15N3S/c1-8(2)10-12-11(15)14(13-10)9-6-4-3-5-7-9/h3-8,10,13H,1-2H3,(H,12,15). The van der Waals surface area contributed by atoms with E-state index < -0.39 is 0 Å². The van der Waals surface area contributed by atoms with Crippen LogP contribution >= 0.6 is 12.2 Å². The number of hydrazine groups is 1. The summed E-state index contributed by atoms with van der Waals surface area (Å²) < 4.78 is 0. The summed E-state index contributed by atoms with van der Waals surface area (Å²) in [5.74, 6) is 0.497. The van der Waals surface area contributed by atoms with Crippen LogP contribution < -0.4 is 15.8 Å². The van der Waals surface area contributed by atoms with Crippen LogP contribution in [0.1, 0.15) is 13.8 Å². The number of hydrogen-bond donors (Lipinski definition) is 2. The molecule has 4 heteroatoms. The van der Waals surface area contributed by atoms with E-state index in [1.165, 1.54) is 0 Å². The second-order valence-corrected chi connectivity index (χ2v) is 4.36. The molecule has 0 aromatic heterocycles. The summed E-state index contributed by atoms with van der Waals surface area (Å²) in [6.45, 7) is 4.31. The first-order valence-corrected chi connectivity index (χ1v) is 5.51. The Balaban J connectivity index is 2.16. The zero-order chi connectivity index (χ0) is 10.8. The van der Waals surface area contributed by atoms with Crippen molar-refractivity contribution in [1.29, 1.82) is 0 Å². The summed E-state index contributed by atoms with van der Waals surface area (Å²) >= 11 is 5.27.